The van der Waals surface area contributed by atoms with E-state index in [-0.39, 0.29) is 0 Å². The molecule has 0 saturated heterocycles. The fourth-order valence-corrected chi connectivity index (χ4v) is 3.84. The normalized spacial score (nSPS) is 49.5. The van der Waals surface area contributed by atoms with Crippen LogP contribution in [0.4, 0.5) is 0 Å². The molecule has 0 aromatic carbocycles. The molecule has 2 saturated carbocycles. The van der Waals surface area contributed by atoms with Gasteiger partial charge in [0.1, 0.15) is 0 Å². The van der Waals surface area contributed by atoms with Gasteiger partial charge in [0.05, 0.1) is 0 Å². The monoisotopic (exact) mass is 214 g/mol. The Morgan fingerprint density at radius 3 is 2.00 bits per heavy atom. The maximum atomic E-state index is 6.31. The Balaban J connectivity index is 1.89. The van der Waals surface area contributed by atoms with Crippen LogP contribution in [-0.2, 0) is 0 Å². The van der Waals surface area contributed by atoms with Crippen molar-refractivity contribution in [1.29, 1.82) is 0 Å². The van der Waals surface area contributed by atoms with Gasteiger partial charge >= 0.3 is 0 Å². The summed E-state index contributed by atoms with van der Waals surface area (Å²) in [5.41, 5.74) is 0. The smallest absolute Gasteiger partial charge is 0.0364 e. The van der Waals surface area contributed by atoms with E-state index in [0.29, 0.717) is 5.38 Å². The van der Waals surface area contributed by atoms with Crippen LogP contribution in [0.1, 0.15) is 52.4 Å². The summed E-state index contributed by atoms with van der Waals surface area (Å²) < 4.78 is 0. The lowest BCUT2D eigenvalue weighted by molar-refractivity contribution is 0.184. The first-order valence-electron chi connectivity index (χ1n) is 6.32. The van der Waals surface area contributed by atoms with Gasteiger partial charge in [-0.05, 0) is 49.4 Å². The van der Waals surface area contributed by atoms with E-state index in [1.165, 1.54) is 38.5 Å². The van der Waals surface area contributed by atoms with Gasteiger partial charge in [-0.25, -0.2) is 0 Å². The molecule has 2 fully saturated rings. The second kappa shape index (κ2) is 4.43. The molecule has 0 aliphatic heterocycles. The summed E-state index contributed by atoms with van der Waals surface area (Å²) in [6.07, 6.45) is 8.52. The minimum absolute atomic E-state index is 0.472. The van der Waals surface area contributed by atoms with Gasteiger partial charge in [0.25, 0.3) is 0 Å². The van der Waals surface area contributed by atoms with Crippen molar-refractivity contribution in [2.75, 3.05) is 0 Å². The Morgan fingerprint density at radius 2 is 1.50 bits per heavy atom. The molecule has 0 N–H and O–H groups in total. The van der Waals surface area contributed by atoms with E-state index in [9.17, 15) is 0 Å². The van der Waals surface area contributed by atoms with Crippen LogP contribution >= 0.6 is 11.6 Å². The average Bonchev–Trinajstić information content (AvgIpc) is 2.50. The summed E-state index contributed by atoms with van der Waals surface area (Å²) in [6.45, 7) is 4.77. The third kappa shape index (κ3) is 2.10. The van der Waals surface area contributed by atoms with Crippen molar-refractivity contribution in [2.45, 2.75) is 57.7 Å². The summed E-state index contributed by atoms with van der Waals surface area (Å²) in [5.74, 6) is 3.71. The van der Waals surface area contributed by atoms with Crippen molar-refractivity contribution in [2.24, 2.45) is 23.7 Å². The Hall–Kier alpha value is 0.290. The minimum Gasteiger partial charge on any atom is -0.123 e. The number of halogens is 1. The van der Waals surface area contributed by atoms with Crippen LogP contribution in [0.25, 0.3) is 0 Å². The third-order valence-corrected chi connectivity index (χ3v) is 5.30. The fraction of sp³-hybridized carbons (Fsp3) is 1.00. The van der Waals surface area contributed by atoms with Crippen LogP contribution in [0.15, 0.2) is 0 Å². The van der Waals surface area contributed by atoms with E-state index < -0.39 is 0 Å². The molecule has 0 nitrogen and oxygen atoms in total. The van der Waals surface area contributed by atoms with E-state index in [1.807, 2.05) is 0 Å². The molecule has 0 radical (unpaired) electrons. The van der Waals surface area contributed by atoms with E-state index in [0.717, 1.165) is 23.7 Å². The number of alkyl halides is 1. The standard InChI is InChI=1S/C13H23Cl/c1-9-3-5-11(6-4-9)12-7-8-13(14)10(12)2/h9-13H,3-8H2,1-2H3. The molecule has 0 bridgehead atoms. The van der Waals surface area contributed by atoms with Crippen molar-refractivity contribution in [3.63, 3.8) is 0 Å². The molecule has 14 heavy (non-hydrogen) atoms. The quantitative estimate of drug-likeness (QED) is 0.566. The zero-order valence-electron chi connectivity index (χ0n) is 9.51. The van der Waals surface area contributed by atoms with Crippen LogP contribution in [-0.4, -0.2) is 5.38 Å². The van der Waals surface area contributed by atoms with Crippen LogP contribution in [0.5, 0.6) is 0 Å². The highest BCUT2D eigenvalue weighted by Crippen LogP contribution is 2.45. The van der Waals surface area contributed by atoms with Gasteiger partial charge in [0.2, 0.25) is 0 Å². The van der Waals surface area contributed by atoms with Crippen LogP contribution in [0.2, 0.25) is 0 Å². The zero-order valence-corrected chi connectivity index (χ0v) is 10.3. The van der Waals surface area contributed by atoms with Gasteiger partial charge in [0.15, 0.2) is 0 Å². The van der Waals surface area contributed by atoms with E-state index >= 15 is 0 Å². The van der Waals surface area contributed by atoms with E-state index in [2.05, 4.69) is 13.8 Å². The van der Waals surface area contributed by atoms with Crippen molar-refractivity contribution in [1.82, 2.24) is 0 Å². The van der Waals surface area contributed by atoms with Crippen LogP contribution in [0.3, 0.4) is 0 Å². The Labute approximate surface area is 93.4 Å². The lowest BCUT2D eigenvalue weighted by Crippen LogP contribution is -2.24. The summed E-state index contributed by atoms with van der Waals surface area (Å²) in [5, 5.41) is 0.472. The van der Waals surface area contributed by atoms with Crippen LogP contribution in [0, 0.1) is 23.7 Å². The molecule has 2 rings (SSSR count). The van der Waals surface area contributed by atoms with Gasteiger partial charge in [-0.3, -0.25) is 0 Å². The summed E-state index contributed by atoms with van der Waals surface area (Å²) in [7, 11) is 0. The molecule has 2 aliphatic rings. The molecular weight excluding hydrogens is 192 g/mol. The lowest BCUT2D eigenvalue weighted by Gasteiger charge is -2.33. The van der Waals surface area contributed by atoms with Crippen molar-refractivity contribution < 1.29 is 0 Å². The molecule has 0 aromatic rings. The molecule has 3 atom stereocenters. The number of hydrogen-bond acceptors (Lipinski definition) is 0. The third-order valence-electron chi connectivity index (χ3n) is 4.69. The molecule has 0 spiro atoms. The number of rotatable bonds is 1. The second-order valence-corrected chi connectivity index (χ2v) is 6.20. The van der Waals surface area contributed by atoms with E-state index in [4.69, 9.17) is 11.6 Å². The van der Waals surface area contributed by atoms with Crippen molar-refractivity contribution >= 4 is 11.6 Å². The SMILES string of the molecule is CC1CCC(C2CCC(Cl)C2C)CC1. The molecule has 82 valence electrons. The second-order valence-electron chi connectivity index (χ2n) is 5.64. The van der Waals surface area contributed by atoms with Crippen molar-refractivity contribution in [3.05, 3.63) is 0 Å². The fourth-order valence-electron chi connectivity index (χ4n) is 3.52. The highest BCUT2D eigenvalue weighted by atomic mass is 35.5. The maximum absolute atomic E-state index is 6.31. The molecule has 0 heterocycles. The Morgan fingerprint density at radius 1 is 0.857 bits per heavy atom. The van der Waals surface area contributed by atoms with Gasteiger partial charge in [-0.1, -0.05) is 26.7 Å². The summed E-state index contributed by atoms with van der Waals surface area (Å²) in [6, 6.07) is 0. The van der Waals surface area contributed by atoms with Gasteiger partial charge in [-0.2, -0.15) is 0 Å². The zero-order chi connectivity index (χ0) is 10.1. The molecular formula is C13H23Cl. The van der Waals surface area contributed by atoms with Gasteiger partial charge in [-0.15, -0.1) is 11.6 Å². The number of hydrogen-bond donors (Lipinski definition) is 0. The van der Waals surface area contributed by atoms with Gasteiger partial charge < -0.3 is 0 Å². The Bertz CT molecular complexity index is 182. The lowest BCUT2D eigenvalue weighted by atomic mass is 9.73. The molecule has 1 heteroatoms. The van der Waals surface area contributed by atoms with Gasteiger partial charge in [0, 0.05) is 5.38 Å². The molecule has 2 aliphatic carbocycles. The van der Waals surface area contributed by atoms with Crippen LogP contribution < -0.4 is 0 Å². The summed E-state index contributed by atoms with van der Waals surface area (Å²) >= 11 is 6.31. The topological polar surface area (TPSA) is 0 Å². The summed E-state index contributed by atoms with van der Waals surface area (Å²) in [4.78, 5) is 0. The first-order chi connectivity index (χ1) is 6.68. The Kier molecular flexibility index (Phi) is 3.42. The molecule has 3 unspecified atom stereocenters. The highest BCUT2D eigenvalue weighted by molar-refractivity contribution is 6.20. The maximum Gasteiger partial charge on any atom is 0.0364 e. The van der Waals surface area contributed by atoms with E-state index in [1.54, 1.807) is 0 Å². The first-order valence-corrected chi connectivity index (χ1v) is 6.76. The molecule has 0 aromatic heterocycles. The molecule has 0 amide bonds. The largest absolute Gasteiger partial charge is 0.123 e. The predicted molar refractivity (Wildman–Crippen MR) is 62.7 cm³/mol. The highest BCUT2D eigenvalue weighted by Gasteiger charge is 2.37. The average molecular weight is 215 g/mol. The first kappa shape index (κ1) is 10.8. The minimum atomic E-state index is 0.472. The predicted octanol–water partition coefficient (Wildman–Crippen LogP) is 4.47. The van der Waals surface area contributed by atoms with Crippen molar-refractivity contribution in [3.8, 4) is 0 Å².